The van der Waals surface area contributed by atoms with Crippen molar-refractivity contribution in [3.63, 3.8) is 0 Å². The van der Waals surface area contributed by atoms with Crippen molar-refractivity contribution in [3.8, 4) is 11.4 Å². The Bertz CT molecular complexity index is 1300. The van der Waals surface area contributed by atoms with Crippen LogP contribution in [0.4, 0.5) is 23.0 Å². The van der Waals surface area contributed by atoms with Crippen LogP contribution in [0.3, 0.4) is 0 Å². The van der Waals surface area contributed by atoms with E-state index in [1.807, 2.05) is 28.8 Å². The molecule has 0 spiro atoms. The molecule has 35 heavy (non-hydrogen) atoms. The Morgan fingerprint density at radius 3 is 2.74 bits per heavy atom. The second-order valence-corrected chi connectivity index (χ2v) is 8.76. The quantitative estimate of drug-likeness (QED) is 0.329. The molecule has 0 bridgehead atoms. The monoisotopic (exact) mass is 476 g/mol. The molecule has 1 saturated heterocycles. The molecule has 2 aliphatic rings. The first-order valence-electron chi connectivity index (χ1n) is 11.8. The second kappa shape index (κ2) is 9.39. The van der Waals surface area contributed by atoms with Crippen molar-refractivity contribution in [2.45, 2.75) is 18.9 Å². The molecule has 4 heterocycles. The Morgan fingerprint density at radius 2 is 1.94 bits per heavy atom. The maximum absolute atomic E-state index is 6.16. The number of fused-ring (bicyclic) bond motifs is 1. The summed E-state index contributed by atoms with van der Waals surface area (Å²) in [5, 5.41) is 19.5. The molecule has 12 heteroatoms. The normalized spacial score (nSPS) is 16.5. The maximum atomic E-state index is 6.16. The van der Waals surface area contributed by atoms with Crippen molar-refractivity contribution >= 4 is 28.7 Å². The minimum Gasteiger partial charge on any atom is -0.490 e. The topological polar surface area (TPSA) is 133 Å². The van der Waals surface area contributed by atoms with E-state index in [4.69, 9.17) is 15.2 Å². The Kier molecular flexibility index (Phi) is 5.80. The summed E-state index contributed by atoms with van der Waals surface area (Å²) in [5.74, 6) is 1.89. The molecule has 4 N–H and O–H groups in total. The molecule has 4 aromatic rings. The van der Waals surface area contributed by atoms with E-state index in [2.05, 4.69) is 35.8 Å². The summed E-state index contributed by atoms with van der Waals surface area (Å²) in [5.41, 5.74) is 9.40. The Balaban J connectivity index is 1.24. The van der Waals surface area contributed by atoms with E-state index in [1.165, 1.54) is 0 Å². The van der Waals surface area contributed by atoms with Crippen molar-refractivity contribution in [3.05, 3.63) is 43.1 Å². The first-order valence-corrected chi connectivity index (χ1v) is 11.8. The van der Waals surface area contributed by atoms with Gasteiger partial charge in [0.05, 0.1) is 30.8 Å². The van der Waals surface area contributed by atoms with Crippen LogP contribution in [-0.2, 0) is 4.74 Å². The molecular formula is C23H28N10O2. The zero-order valence-electron chi connectivity index (χ0n) is 19.3. The largest absolute Gasteiger partial charge is 0.490 e. The SMILES string of the molecule is Nc1cnc2c(NC3CC3)cc(Nc3ccc(OCCN4CCOCC4)c(-n4cnnc4)c3)nn12. The molecule has 3 aromatic heterocycles. The standard InChI is InChI=1S/C23H28N10O2/c24-21-13-25-23-18(28-16-1-2-16)12-22(30-33(21)23)29-17-3-4-20(19(11-17)32-14-26-27-15-32)35-10-7-31-5-8-34-9-6-31/h3-4,11-16,28H,1-2,5-10,24H2,(H,29,30). The van der Waals surface area contributed by atoms with Crippen molar-refractivity contribution in [2.24, 2.45) is 0 Å². The minimum atomic E-state index is 0.473. The lowest BCUT2D eigenvalue weighted by molar-refractivity contribution is 0.0322. The summed E-state index contributed by atoms with van der Waals surface area (Å²) in [4.78, 5) is 6.75. The highest BCUT2D eigenvalue weighted by Gasteiger charge is 2.23. The number of imidazole rings is 1. The van der Waals surface area contributed by atoms with Crippen LogP contribution in [0.25, 0.3) is 11.3 Å². The Morgan fingerprint density at radius 1 is 1.11 bits per heavy atom. The first kappa shape index (κ1) is 21.6. The third kappa shape index (κ3) is 4.84. The van der Waals surface area contributed by atoms with Crippen LogP contribution in [0.15, 0.2) is 43.1 Å². The number of nitrogens with zero attached hydrogens (tertiary/aromatic N) is 7. The second-order valence-electron chi connectivity index (χ2n) is 8.76. The molecular weight excluding hydrogens is 448 g/mol. The summed E-state index contributed by atoms with van der Waals surface area (Å²) in [6.45, 7) is 4.83. The third-order valence-electron chi connectivity index (χ3n) is 6.13. The summed E-state index contributed by atoms with van der Waals surface area (Å²) < 4.78 is 15.1. The number of hydrogen-bond acceptors (Lipinski definition) is 10. The van der Waals surface area contributed by atoms with E-state index in [0.29, 0.717) is 29.9 Å². The molecule has 2 fully saturated rings. The fourth-order valence-electron chi connectivity index (χ4n) is 4.10. The van der Waals surface area contributed by atoms with Crippen molar-refractivity contribution in [1.82, 2.24) is 34.3 Å². The molecule has 0 unspecified atom stereocenters. The van der Waals surface area contributed by atoms with Gasteiger partial charge in [-0.3, -0.25) is 9.47 Å². The lowest BCUT2D eigenvalue weighted by Gasteiger charge is -2.26. The van der Waals surface area contributed by atoms with Crippen LogP contribution in [0.1, 0.15) is 12.8 Å². The predicted molar refractivity (Wildman–Crippen MR) is 131 cm³/mol. The van der Waals surface area contributed by atoms with Gasteiger partial charge in [0.1, 0.15) is 30.8 Å². The van der Waals surface area contributed by atoms with Gasteiger partial charge in [-0.05, 0) is 31.0 Å². The van der Waals surface area contributed by atoms with Gasteiger partial charge in [0.25, 0.3) is 0 Å². The zero-order valence-corrected chi connectivity index (χ0v) is 19.3. The van der Waals surface area contributed by atoms with E-state index in [-0.39, 0.29) is 0 Å². The molecule has 182 valence electrons. The predicted octanol–water partition coefficient (Wildman–Crippen LogP) is 1.92. The highest BCUT2D eigenvalue weighted by molar-refractivity contribution is 5.75. The maximum Gasteiger partial charge on any atom is 0.179 e. The van der Waals surface area contributed by atoms with E-state index < -0.39 is 0 Å². The van der Waals surface area contributed by atoms with Crippen LogP contribution in [0.5, 0.6) is 5.75 Å². The average Bonchev–Trinajstić information content (AvgIpc) is 3.36. The molecule has 1 aliphatic carbocycles. The summed E-state index contributed by atoms with van der Waals surface area (Å²) in [6, 6.07) is 8.34. The van der Waals surface area contributed by atoms with E-state index in [0.717, 1.165) is 68.5 Å². The highest BCUT2D eigenvalue weighted by atomic mass is 16.5. The molecule has 6 rings (SSSR count). The number of aromatic nitrogens is 6. The Hall–Kier alpha value is -3.90. The van der Waals surface area contributed by atoms with Crippen LogP contribution >= 0.6 is 0 Å². The minimum absolute atomic E-state index is 0.473. The number of rotatable bonds is 9. The third-order valence-corrected chi connectivity index (χ3v) is 6.13. The summed E-state index contributed by atoms with van der Waals surface area (Å²) >= 11 is 0. The number of ether oxygens (including phenoxy) is 2. The van der Waals surface area contributed by atoms with Crippen molar-refractivity contribution in [2.75, 3.05) is 55.8 Å². The number of hydrogen-bond donors (Lipinski definition) is 3. The smallest absolute Gasteiger partial charge is 0.179 e. The molecule has 0 atom stereocenters. The van der Waals surface area contributed by atoms with Gasteiger partial charge in [0, 0.05) is 37.4 Å². The van der Waals surface area contributed by atoms with Gasteiger partial charge in [0.2, 0.25) is 0 Å². The summed E-state index contributed by atoms with van der Waals surface area (Å²) in [7, 11) is 0. The molecule has 1 aliphatic heterocycles. The first-order chi connectivity index (χ1) is 17.2. The molecule has 1 saturated carbocycles. The number of nitrogen functional groups attached to an aromatic ring is 1. The van der Waals surface area contributed by atoms with Gasteiger partial charge < -0.3 is 25.8 Å². The number of nitrogens with one attached hydrogen (secondary N) is 2. The number of benzene rings is 1. The summed E-state index contributed by atoms with van der Waals surface area (Å²) in [6.07, 6.45) is 7.24. The number of nitrogens with two attached hydrogens (primary N) is 1. The average molecular weight is 477 g/mol. The lowest BCUT2D eigenvalue weighted by Crippen LogP contribution is -2.38. The van der Waals surface area contributed by atoms with Crippen LogP contribution in [-0.4, -0.2) is 79.8 Å². The van der Waals surface area contributed by atoms with Crippen molar-refractivity contribution < 1.29 is 9.47 Å². The number of anilines is 4. The molecule has 0 amide bonds. The highest BCUT2D eigenvalue weighted by Crippen LogP contribution is 2.31. The lowest BCUT2D eigenvalue weighted by atomic mass is 10.2. The van der Waals surface area contributed by atoms with Gasteiger partial charge in [-0.1, -0.05) is 0 Å². The number of morpholine rings is 1. The molecule has 0 radical (unpaired) electrons. The van der Waals surface area contributed by atoms with Crippen LogP contribution in [0.2, 0.25) is 0 Å². The van der Waals surface area contributed by atoms with E-state index >= 15 is 0 Å². The zero-order chi connectivity index (χ0) is 23.6. The van der Waals surface area contributed by atoms with Crippen molar-refractivity contribution in [1.29, 1.82) is 0 Å². The van der Waals surface area contributed by atoms with Crippen LogP contribution < -0.4 is 21.1 Å². The van der Waals surface area contributed by atoms with Crippen LogP contribution in [0, 0.1) is 0 Å². The van der Waals surface area contributed by atoms with Gasteiger partial charge in [-0.15, -0.1) is 15.3 Å². The van der Waals surface area contributed by atoms with Gasteiger partial charge in [0.15, 0.2) is 11.5 Å². The fraction of sp³-hybridized carbons (Fsp3) is 0.391. The fourth-order valence-corrected chi connectivity index (χ4v) is 4.10. The van der Waals surface area contributed by atoms with E-state index in [1.54, 1.807) is 23.4 Å². The van der Waals surface area contributed by atoms with Gasteiger partial charge >= 0.3 is 0 Å². The van der Waals surface area contributed by atoms with E-state index in [9.17, 15) is 0 Å². The van der Waals surface area contributed by atoms with Gasteiger partial charge in [-0.2, -0.15) is 4.52 Å². The Labute approximate surface area is 202 Å². The van der Waals surface area contributed by atoms with Gasteiger partial charge in [-0.25, -0.2) is 4.98 Å². The molecule has 1 aromatic carbocycles. The molecule has 12 nitrogen and oxygen atoms in total.